The molecule has 2 rings (SSSR count). The maximum Gasteiger partial charge on any atom is 0.416 e. The van der Waals surface area contributed by atoms with Crippen LogP contribution in [0.15, 0.2) is 18.2 Å². The van der Waals surface area contributed by atoms with E-state index in [0.717, 1.165) is 16.8 Å². The van der Waals surface area contributed by atoms with E-state index < -0.39 is 11.7 Å². The molecule has 104 valence electrons. The number of ether oxygens (including phenoxy) is 1. The number of aromatic nitrogens is 1. The van der Waals surface area contributed by atoms with Crippen LogP contribution in [-0.4, -0.2) is 24.7 Å². The predicted octanol–water partition coefficient (Wildman–Crippen LogP) is 3.76. The van der Waals surface area contributed by atoms with Crippen LogP contribution in [0.2, 0.25) is 0 Å². The summed E-state index contributed by atoms with van der Waals surface area (Å²) < 4.78 is 43.5. The lowest BCUT2D eigenvalue weighted by Gasteiger charge is -2.04. The van der Waals surface area contributed by atoms with Crippen LogP contribution >= 0.6 is 11.3 Å². The molecule has 0 fully saturated rings. The number of fused-ring (bicyclic) bond motifs is 1. The summed E-state index contributed by atoms with van der Waals surface area (Å²) in [5.74, 6) is 0. The fourth-order valence-electron chi connectivity index (χ4n) is 1.55. The maximum atomic E-state index is 12.6. The third-order valence-corrected chi connectivity index (χ3v) is 3.44. The molecule has 0 saturated heterocycles. The summed E-state index contributed by atoms with van der Waals surface area (Å²) in [5.41, 5.74) is -0.315. The maximum absolute atomic E-state index is 12.6. The zero-order valence-electron chi connectivity index (χ0n) is 10.3. The summed E-state index contributed by atoms with van der Waals surface area (Å²) in [5, 5.41) is 3.63. The Bertz CT molecular complexity index is 553. The van der Waals surface area contributed by atoms with Gasteiger partial charge in [0.15, 0.2) is 5.13 Å². The van der Waals surface area contributed by atoms with Crippen molar-refractivity contribution >= 4 is 26.7 Å². The van der Waals surface area contributed by atoms with Crippen molar-refractivity contribution in [1.82, 2.24) is 4.98 Å². The van der Waals surface area contributed by atoms with Crippen molar-refractivity contribution < 1.29 is 17.9 Å². The Morgan fingerprint density at radius 1 is 1.37 bits per heavy atom. The molecule has 0 unspecified atom stereocenters. The van der Waals surface area contributed by atoms with E-state index in [1.54, 1.807) is 0 Å². The second kappa shape index (κ2) is 5.75. The van der Waals surface area contributed by atoms with Crippen LogP contribution in [0.25, 0.3) is 10.2 Å². The van der Waals surface area contributed by atoms with Gasteiger partial charge in [-0.05, 0) is 25.1 Å². The number of hydrogen-bond acceptors (Lipinski definition) is 4. The second-order valence-corrected chi connectivity index (χ2v) is 4.85. The molecular formula is C12H13F3N2OS. The van der Waals surface area contributed by atoms with Gasteiger partial charge >= 0.3 is 6.18 Å². The molecule has 0 bridgehead atoms. The molecule has 0 spiro atoms. The van der Waals surface area contributed by atoms with Gasteiger partial charge in [-0.15, -0.1) is 0 Å². The fraction of sp³-hybridized carbons (Fsp3) is 0.417. The van der Waals surface area contributed by atoms with Gasteiger partial charge in [0.25, 0.3) is 0 Å². The number of benzene rings is 1. The Labute approximate surface area is 112 Å². The second-order valence-electron chi connectivity index (χ2n) is 3.82. The third-order valence-electron chi connectivity index (χ3n) is 2.44. The Morgan fingerprint density at radius 3 is 2.84 bits per heavy atom. The number of halogens is 3. The van der Waals surface area contributed by atoms with Crippen LogP contribution in [0.5, 0.6) is 0 Å². The van der Waals surface area contributed by atoms with Gasteiger partial charge in [0.05, 0.1) is 22.4 Å². The van der Waals surface area contributed by atoms with Crippen LogP contribution in [0, 0.1) is 0 Å². The lowest BCUT2D eigenvalue weighted by Crippen LogP contribution is -2.08. The Kier molecular flexibility index (Phi) is 4.26. The van der Waals surface area contributed by atoms with Gasteiger partial charge in [-0.2, -0.15) is 13.2 Å². The SMILES string of the molecule is CCOCCNc1nc2cc(C(F)(F)F)ccc2s1. The minimum Gasteiger partial charge on any atom is -0.380 e. The van der Waals surface area contributed by atoms with E-state index in [0.29, 0.717) is 30.4 Å². The monoisotopic (exact) mass is 290 g/mol. The summed E-state index contributed by atoms with van der Waals surface area (Å²) >= 11 is 1.33. The van der Waals surface area contributed by atoms with Crippen LogP contribution in [0.3, 0.4) is 0 Å². The molecule has 0 aliphatic heterocycles. The minimum atomic E-state index is -4.33. The molecular weight excluding hydrogens is 277 g/mol. The van der Waals surface area contributed by atoms with Crippen LogP contribution in [0.1, 0.15) is 12.5 Å². The van der Waals surface area contributed by atoms with Gasteiger partial charge in [0, 0.05) is 13.2 Å². The standard InChI is InChI=1S/C12H13F3N2OS/c1-2-18-6-5-16-11-17-9-7-8(12(13,14)15)3-4-10(9)19-11/h3-4,7H,2,5-6H2,1H3,(H,16,17). The summed E-state index contributed by atoms with van der Waals surface area (Å²) in [6, 6.07) is 3.59. The summed E-state index contributed by atoms with van der Waals surface area (Å²) in [4.78, 5) is 4.14. The van der Waals surface area contributed by atoms with Crippen molar-refractivity contribution in [3.63, 3.8) is 0 Å². The van der Waals surface area contributed by atoms with Crippen molar-refractivity contribution in [3.8, 4) is 0 Å². The Morgan fingerprint density at radius 2 is 2.16 bits per heavy atom. The number of anilines is 1. The average Bonchev–Trinajstić information content (AvgIpc) is 2.75. The Hall–Kier alpha value is -1.34. The number of rotatable bonds is 5. The zero-order chi connectivity index (χ0) is 13.9. The molecule has 0 radical (unpaired) electrons. The quantitative estimate of drug-likeness (QED) is 0.851. The van der Waals surface area contributed by atoms with Crippen LogP contribution in [0.4, 0.5) is 18.3 Å². The number of alkyl halides is 3. The van der Waals surface area contributed by atoms with E-state index in [1.165, 1.54) is 17.4 Å². The lowest BCUT2D eigenvalue weighted by molar-refractivity contribution is -0.137. The van der Waals surface area contributed by atoms with E-state index in [-0.39, 0.29) is 0 Å². The van der Waals surface area contributed by atoms with Crippen molar-refractivity contribution in [2.75, 3.05) is 25.1 Å². The van der Waals surface area contributed by atoms with E-state index in [1.807, 2.05) is 6.92 Å². The molecule has 0 atom stereocenters. The largest absolute Gasteiger partial charge is 0.416 e. The highest BCUT2D eigenvalue weighted by molar-refractivity contribution is 7.22. The number of hydrogen-bond donors (Lipinski definition) is 1. The van der Waals surface area contributed by atoms with Gasteiger partial charge in [0.1, 0.15) is 0 Å². The van der Waals surface area contributed by atoms with Gasteiger partial charge < -0.3 is 10.1 Å². The molecule has 1 aromatic heterocycles. The van der Waals surface area contributed by atoms with Crippen molar-refractivity contribution in [1.29, 1.82) is 0 Å². The Balaban J connectivity index is 2.12. The van der Waals surface area contributed by atoms with Gasteiger partial charge in [-0.25, -0.2) is 4.98 Å². The molecule has 0 aliphatic carbocycles. The first-order valence-electron chi connectivity index (χ1n) is 5.80. The van der Waals surface area contributed by atoms with Gasteiger partial charge in [0.2, 0.25) is 0 Å². The fourth-order valence-corrected chi connectivity index (χ4v) is 2.43. The molecule has 7 heteroatoms. The molecule has 0 saturated carbocycles. The van der Waals surface area contributed by atoms with Crippen molar-refractivity contribution in [3.05, 3.63) is 23.8 Å². The van der Waals surface area contributed by atoms with Crippen LogP contribution < -0.4 is 5.32 Å². The summed E-state index contributed by atoms with van der Waals surface area (Å²) in [6.45, 7) is 3.66. The van der Waals surface area contributed by atoms with E-state index in [2.05, 4.69) is 10.3 Å². The highest BCUT2D eigenvalue weighted by Gasteiger charge is 2.30. The van der Waals surface area contributed by atoms with Gasteiger partial charge in [-0.1, -0.05) is 11.3 Å². The first-order chi connectivity index (χ1) is 9.00. The molecule has 1 heterocycles. The predicted molar refractivity (Wildman–Crippen MR) is 69.6 cm³/mol. The van der Waals surface area contributed by atoms with E-state index >= 15 is 0 Å². The third kappa shape index (κ3) is 3.57. The normalized spacial score (nSPS) is 12.0. The lowest BCUT2D eigenvalue weighted by atomic mass is 10.2. The highest BCUT2D eigenvalue weighted by Crippen LogP contribution is 2.33. The highest BCUT2D eigenvalue weighted by atomic mass is 32.1. The molecule has 0 amide bonds. The summed E-state index contributed by atoms with van der Waals surface area (Å²) in [7, 11) is 0. The zero-order valence-corrected chi connectivity index (χ0v) is 11.1. The number of nitrogens with zero attached hydrogens (tertiary/aromatic N) is 1. The average molecular weight is 290 g/mol. The molecule has 19 heavy (non-hydrogen) atoms. The molecule has 0 aliphatic rings. The van der Waals surface area contributed by atoms with Gasteiger partial charge in [-0.3, -0.25) is 0 Å². The topological polar surface area (TPSA) is 34.1 Å². The number of thiazole rings is 1. The van der Waals surface area contributed by atoms with E-state index in [9.17, 15) is 13.2 Å². The molecule has 2 aromatic rings. The van der Waals surface area contributed by atoms with Crippen molar-refractivity contribution in [2.24, 2.45) is 0 Å². The first-order valence-corrected chi connectivity index (χ1v) is 6.61. The summed E-state index contributed by atoms with van der Waals surface area (Å²) in [6.07, 6.45) is -4.33. The number of nitrogens with one attached hydrogen (secondary N) is 1. The molecule has 1 aromatic carbocycles. The van der Waals surface area contributed by atoms with E-state index in [4.69, 9.17) is 4.74 Å². The molecule has 1 N–H and O–H groups in total. The minimum absolute atomic E-state index is 0.360. The molecule has 3 nitrogen and oxygen atoms in total. The van der Waals surface area contributed by atoms with Crippen molar-refractivity contribution in [2.45, 2.75) is 13.1 Å². The first kappa shape index (κ1) is 14.1. The smallest absolute Gasteiger partial charge is 0.380 e. The van der Waals surface area contributed by atoms with Crippen LogP contribution in [-0.2, 0) is 10.9 Å².